The summed E-state index contributed by atoms with van der Waals surface area (Å²) >= 11 is 0. The molecule has 46 heavy (non-hydrogen) atoms. The second-order valence-corrected chi connectivity index (χ2v) is 11.1. The molecule has 2 aromatic carbocycles. The van der Waals surface area contributed by atoms with E-state index in [0.717, 1.165) is 24.0 Å². The second kappa shape index (κ2) is 18.1. The lowest BCUT2D eigenvalue weighted by molar-refractivity contribution is -0.141. The maximum absolute atomic E-state index is 12.9. The van der Waals surface area contributed by atoms with E-state index < -0.39 is 12.1 Å². The van der Waals surface area contributed by atoms with E-state index in [0.29, 0.717) is 63.7 Å². The van der Waals surface area contributed by atoms with Crippen LogP contribution in [0.25, 0.3) is 12.2 Å². The molecule has 2 N–H and O–H groups in total. The van der Waals surface area contributed by atoms with E-state index in [2.05, 4.69) is 10.6 Å². The number of nitrogens with one attached hydrogen (secondary N) is 2. The summed E-state index contributed by atoms with van der Waals surface area (Å²) in [5.74, 6) is -0.816. The third-order valence-electron chi connectivity index (χ3n) is 7.89. The maximum Gasteiger partial charge on any atom is 0.249 e. The van der Waals surface area contributed by atoms with E-state index in [1.807, 2.05) is 60.7 Å². The Bertz CT molecular complexity index is 1230. The molecule has 0 spiro atoms. The minimum absolute atomic E-state index is 0.0700. The van der Waals surface area contributed by atoms with Crippen molar-refractivity contribution in [3.8, 4) is 0 Å². The molecule has 0 aliphatic carbocycles. The number of nitrogens with zero attached hydrogens (tertiary/aromatic N) is 2. The molecule has 0 aromatic heterocycles. The Labute approximate surface area is 270 Å². The third-order valence-corrected chi connectivity index (χ3v) is 7.89. The number of anilines is 2. The molecule has 2 fully saturated rings. The molecule has 12 nitrogen and oxygen atoms in total. The quantitative estimate of drug-likeness (QED) is 0.212. The maximum atomic E-state index is 12.9. The average molecular weight is 637 g/mol. The number of hydrogen-bond acceptors (Lipinski definition) is 8. The first kappa shape index (κ1) is 34.8. The Hall–Kier alpha value is -4.10. The zero-order valence-electron chi connectivity index (χ0n) is 26.6. The van der Waals surface area contributed by atoms with Crippen LogP contribution >= 0.6 is 0 Å². The van der Waals surface area contributed by atoms with Crippen molar-refractivity contribution in [1.82, 2.24) is 9.80 Å². The van der Waals surface area contributed by atoms with E-state index in [4.69, 9.17) is 18.9 Å². The zero-order chi connectivity index (χ0) is 32.7. The first-order chi connectivity index (χ1) is 22.4. The fraction of sp³-hybridized carbons (Fsp3) is 0.471. The lowest BCUT2D eigenvalue weighted by Gasteiger charge is -2.24. The fourth-order valence-electron chi connectivity index (χ4n) is 5.44. The number of benzene rings is 2. The number of likely N-dealkylation sites (tertiary alicyclic amines) is 2. The zero-order valence-corrected chi connectivity index (χ0v) is 26.6. The standard InChI is InChI=1S/C34H44N4O8/c1-43-19-21-45-23-31(39)37-17-3-5-29(37)33(41)35-27-13-9-25(10-14-27)7-8-26-11-15-28(16-12-26)36-34(42)30-6-4-18-38(30)32(40)24-46-22-20-44-2/h7-16,29-30H,3-6,17-24H2,1-2H3,(H,35,41)(H,36,42)/t29-,30-/m0/s1. The van der Waals surface area contributed by atoms with Gasteiger partial charge in [-0.05, 0) is 61.1 Å². The largest absolute Gasteiger partial charge is 0.382 e. The van der Waals surface area contributed by atoms with Crippen LogP contribution in [0, 0.1) is 0 Å². The normalized spacial score (nSPS) is 17.9. The summed E-state index contributed by atoms with van der Waals surface area (Å²) in [6, 6.07) is 13.9. The minimum atomic E-state index is -0.517. The predicted octanol–water partition coefficient (Wildman–Crippen LogP) is 3.04. The second-order valence-electron chi connectivity index (χ2n) is 11.1. The monoisotopic (exact) mass is 636 g/mol. The van der Waals surface area contributed by atoms with Crippen molar-refractivity contribution in [2.75, 3.05) is 77.6 Å². The number of rotatable bonds is 16. The lowest BCUT2D eigenvalue weighted by atomic mass is 10.1. The number of hydrogen-bond donors (Lipinski definition) is 2. The van der Waals surface area contributed by atoms with Crippen LogP contribution in [-0.4, -0.2) is 112 Å². The van der Waals surface area contributed by atoms with Gasteiger partial charge in [0, 0.05) is 38.7 Å². The molecule has 2 atom stereocenters. The highest BCUT2D eigenvalue weighted by Gasteiger charge is 2.35. The van der Waals surface area contributed by atoms with Crippen molar-refractivity contribution in [3.05, 3.63) is 59.7 Å². The first-order valence-corrected chi connectivity index (χ1v) is 15.6. The molecule has 0 bridgehead atoms. The Kier molecular flexibility index (Phi) is 13.7. The number of methoxy groups -OCH3 is 2. The van der Waals surface area contributed by atoms with E-state index in [9.17, 15) is 19.2 Å². The summed E-state index contributed by atoms with van der Waals surface area (Å²) in [6.07, 6.45) is 6.68. The number of carbonyl (C=O) groups is 4. The van der Waals surface area contributed by atoms with Crippen LogP contribution in [0.15, 0.2) is 48.5 Å². The molecule has 0 unspecified atom stereocenters. The Morgan fingerprint density at radius 2 is 1.04 bits per heavy atom. The number of amides is 4. The number of carbonyl (C=O) groups excluding carboxylic acids is 4. The molecule has 12 heteroatoms. The van der Waals surface area contributed by atoms with Crippen LogP contribution in [0.4, 0.5) is 11.4 Å². The number of ether oxygens (including phenoxy) is 4. The summed E-state index contributed by atoms with van der Waals surface area (Å²) in [6.45, 7) is 2.40. The molecular weight excluding hydrogens is 592 g/mol. The SMILES string of the molecule is COCCOCC(=O)N1CCC[C@H]1C(=O)Nc1ccc(C=Cc2ccc(NC(=O)[C@@H]3CCCN3C(=O)COCCOC)cc2)cc1. The fourth-order valence-corrected chi connectivity index (χ4v) is 5.44. The summed E-state index contributed by atoms with van der Waals surface area (Å²) in [5, 5.41) is 5.85. The van der Waals surface area contributed by atoms with E-state index >= 15 is 0 Å². The highest BCUT2D eigenvalue weighted by atomic mass is 16.5. The van der Waals surface area contributed by atoms with Crippen LogP contribution in [0.5, 0.6) is 0 Å². The molecule has 2 aliphatic heterocycles. The summed E-state index contributed by atoms with van der Waals surface area (Å²) in [7, 11) is 3.14. The Morgan fingerprint density at radius 1 is 0.652 bits per heavy atom. The van der Waals surface area contributed by atoms with Crippen molar-refractivity contribution in [1.29, 1.82) is 0 Å². The molecule has 4 amide bonds. The summed E-state index contributed by atoms with van der Waals surface area (Å²) in [4.78, 5) is 54.1. The van der Waals surface area contributed by atoms with Gasteiger partial charge in [0.05, 0.1) is 26.4 Å². The molecule has 2 heterocycles. The van der Waals surface area contributed by atoms with Crippen molar-refractivity contribution >= 4 is 47.2 Å². The van der Waals surface area contributed by atoms with Gasteiger partial charge in [0.1, 0.15) is 25.3 Å². The van der Waals surface area contributed by atoms with Gasteiger partial charge in [-0.3, -0.25) is 19.2 Å². The topological polar surface area (TPSA) is 136 Å². The van der Waals surface area contributed by atoms with Gasteiger partial charge in [0.25, 0.3) is 0 Å². The van der Waals surface area contributed by atoms with Crippen LogP contribution in [0.2, 0.25) is 0 Å². The highest BCUT2D eigenvalue weighted by molar-refractivity contribution is 5.98. The van der Waals surface area contributed by atoms with Crippen LogP contribution in [0.1, 0.15) is 36.8 Å². The van der Waals surface area contributed by atoms with Crippen LogP contribution < -0.4 is 10.6 Å². The molecular formula is C34H44N4O8. The van der Waals surface area contributed by atoms with Crippen LogP contribution in [-0.2, 0) is 38.1 Å². The van der Waals surface area contributed by atoms with Gasteiger partial charge >= 0.3 is 0 Å². The van der Waals surface area contributed by atoms with Gasteiger partial charge in [-0.25, -0.2) is 0 Å². The molecule has 0 saturated carbocycles. The lowest BCUT2D eigenvalue weighted by Crippen LogP contribution is -2.44. The van der Waals surface area contributed by atoms with Crippen LogP contribution in [0.3, 0.4) is 0 Å². The highest BCUT2D eigenvalue weighted by Crippen LogP contribution is 2.22. The van der Waals surface area contributed by atoms with E-state index in [1.54, 1.807) is 24.0 Å². The van der Waals surface area contributed by atoms with Gasteiger partial charge in [-0.1, -0.05) is 36.4 Å². The average Bonchev–Trinajstić information content (AvgIpc) is 3.77. The van der Waals surface area contributed by atoms with Gasteiger partial charge < -0.3 is 39.4 Å². The smallest absolute Gasteiger partial charge is 0.249 e. The summed E-state index contributed by atoms with van der Waals surface area (Å²) in [5.41, 5.74) is 3.19. The van der Waals surface area contributed by atoms with E-state index in [1.165, 1.54) is 0 Å². The van der Waals surface area contributed by atoms with Gasteiger partial charge in [0.15, 0.2) is 0 Å². The molecule has 0 radical (unpaired) electrons. The van der Waals surface area contributed by atoms with Crippen molar-refractivity contribution in [2.45, 2.75) is 37.8 Å². The molecule has 248 valence electrons. The predicted molar refractivity (Wildman–Crippen MR) is 174 cm³/mol. The van der Waals surface area contributed by atoms with E-state index in [-0.39, 0.29) is 36.8 Å². The minimum Gasteiger partial charge on any atom is -0.382 e. The molecule has 2 aliphatic rings. The van der Waals surface area contributed by atoms with Crippen molar-refractivity contribution in [2.24, 2.45) is 0 Å². The van der Waals surface area contributed by atoms with Crippen molar-refractivity contribution < 1.29 is 38.1 Å². The summed E-state index contributed by atoms with van der Waals surface area (Å²) < 4.78 is 20.5. The molecule has 2 aromatic rings. The Balaban J connectivity index is 1.24. The van der Waals surface area contributed by atoms with Gasteiger partial charge in [-0.2, -0.15) is 0 Å². The Morgan fingerprint density at radius 3 is 1.41 bits per heavy atom. The third kappa shape index (κ3) is 10.2. The molecule has 4 rings (SSSR count). The molecule has 2 saturated heterocycles. The first-order valence-electron chi connectivity index (χ1n) is 15.6. The van der Waals surface area contributed by atoms with Crippen molar-refractivity contribution in [3.63, 3.8) is 0 Å². The van der Waals surface area contributed by atoms with Gasteiger partial charge in [-0.15, -0.1) is 0 Å². The van der Waals surface area contributed by atoms with Gasteiger partial charge in [0.2, 0.25) is 23.6 Å².